The summed E-state index contributed by atoms with van der Waals surface area (Å²) in [6.07, 6.45) is 8.51. The Morgan fingerprint density at radius 3 is 2.36 bits per heavy atom. The molecule has 1 saturated carbocycles. The lowest BCUT2D eigenvalue weighted by molar-refractivity contribution is 0.202. The molecule has 1 saturated heterocycles. The molecular formula is C34H32N8. The molecule has 1 aliphatic heterocycles. The molecule has 8 nitrogen and oxygen atoms in total. The lowest BCUT2D eigenvalue weighted by atomic mass is 9.95. The topological polar surface area (TPSA) is 87.9 Å². The van der Waals surface area contributed by atoms with Crippen molar-refractivity contribution >= 4 is 5.65 Å². The molecule has 8 rings (SSSR count). The number of piperidine rings is 1. The van der Waals surface area contributed by atoms with Crippen molar-refractivity contribution in [2.24, 2.45) is 0 Å². The van der Waals surface area contributed by atoms with E-state index in [4.69, 9.17) is 15.1 Å². The molecule has 1 N–H and O–H groups in total. The van der Waals surface area contributed by atoms with Crippen LogP contribution < -0.4 is 0 Å². The normalized spacial score (nSPS) is 16.3. The number of hydrogen-bond acceptors (Lipinski definition) is 6. The highest BCUT2D eigenvalue weighted by atomic mass is 15.3. The molecule has 0 atom stereocenters. The van der Waals surface area contributed by atoms with E-state index in [0.717, 1.165) is 77.7 Å². The van der Waals surface area contributed by atoms with Gasteiger partial charge in [0.1, 0.15) is 11.5 Å². The number of rotatable bonds is 7. The van der Waals surface area contributed by atoms with Crippen molar-refractivity contribution < 1.29 is 0 Å². The summed E-state index contributed by atoms with van der Waals surface area (Å²) in [6, 6.07) is 27.4. The summed E-state index contributed by atoms with van der Waals surface area (Å²) >= 11 is 0. The van der Waals surface area contributed by atoms with E-state index in [2.05, 4.69) is 86.9 Å². The average molecular weight is 553 g/mol. The number of nitrogens with zero attached hydrogens (tertiary/aromatic N) is 7. The molecule has 6 aromatic rings. The summed E-state index contributed by atoms with van der Waals surface area (Å²) in [5, 5.41) is 12.4. The van der Waals surface area contributed by atoms with Gasteiger partial charge in [0, 0.05) is 48.0 Å². The van der Waals surface area contributed by atoms with Gasteiger partial charge in [0.2, 0.25) is 0 Å². The lowest BCUT2D eigenvalue weighted by Crippen LogP contribution is -2.32. The van der Waals surface area contributed by atoms with Gasteiger partial charge >= 0.3 is 0 Å². The van der Waals surface area contributed by atoms with Crippen LogP contribution in [0.2, 0.25) is 0 Å². The van der Waals surface area contributed by atoms with Gasteiger partial charge in [-0.15, -0.1) is 0 Å². The number of aromatic amines is 1. The first-order valence-electron chi connectivity index (χ1n) is 14.9. The largest absolute Gasteiger partial charge is 0.299 e. The fraction of sp³-hybridized carbons (Fsp3) is 0.265. The second-order valence-electron chi connectivity index (χ2n) is 11.5. The minimum atomic E-state index is 0.398. The average Bonchev–Trinajstić information content (AvgIpc) is 3.63. The van der Waals surface area contributed by atoms with Crippen molar-refractivity contribution in [3.8, 4) is 33.9 Å². The van der Waals surface area contributed by atoms with Crippen LogP contribution in [0.25, 0.3) is 39.5 Å². The Morgan fingerprint density at radius 1 is 0.786 bits per heavy atom. The molecule has 1 aliphatic carbocycles. The monoisotopic (exact) mass is 552 g/mol. The van der Waals surface area contributed by atoms with E-state index in [-0.39, 0.29) is 0 Å². The molecule has 5 heterocycles. The Balaban J connectivity index is 0.976. The third-order valence-electron chi connectivity index (χ3n) is 8.55. The van der Waals surface area contributed by atoms with Crippen LogP contribution >= 0.6 is 0 Å². The second kappa shape index (κ2) is 10.6. The minimum absolute atomic E-state index is 0.398. The van der Waals surface area contributed by atoms with Gasteiger partial charge in [-0.05, 0) is 62.0 Å². The smallest absolute Gasteiger partial charge is 0.199 e. The highest BCUT2D eigenvalue weighted by Gasteiger charge is 2.27. The summed E-state index contributed by atoms with van der Waals surface area (Å²) in [5.74, 6) is 2.64. The number of aromatic nitrogens is 7. The number of fused-ring (bicyclic) bond motifs is 1. The zero-order valence-corrected chi connectivity index (χ0v) is 23.4. The molecule has 2 aliphatic rings. The fourth-order valence-corrected chi connectivity index (χ4v) is 6.02. The van der Waals surface area contributed by atoms with E-state index >= 15 is 0 Å². The Labute approximate surface area is 244 Å². The van der Waals surface area contributed by atoms with Gasteiger partial charge in [-0.2, -0.15) is 10.2 Å². The van der Waals surface area contributed by atoms with Crippen LogP contribution in [-0.2, 0) is 6.54 Å². The van der Waals surface area contributed by atoms with Crippen molar-refractivity contribution in [2.75, 3.05) is 13.1 Å². The Hall–Kier alpha value is -4.69. The van der Waals surface area contributed by atoms with Crippen LogP contribution in [0.5, 0.6) is 0 Å². The van der Waals surface area contributed by atoms with Crippen LogP contribution in [0, 0.1) is 0 Å². The molecular weight excluding hydrogens is 520 g/mol. The second-order valence-corrected chi connectivity index (χ2v) is 11.5. The Bertz CT molecular complexity index is 1810. The van der Waals surface area contributed by atoms with Gasteiger partial charge in [-0.1, -0.05) is 60.7 Å². The summed E-state index contributed by atoms with van der Waals surface area (Å²) < 4.78 is 1.95. The van der Waals surface area contributed by atoms with Crippen molar-refractivity contribution in [3.63, 3.8) is 0 Å². The SMILES string of the molecule is c1ccc(-c2cn3nc(C4CC4)cc3nc2-c2ccc(CN3CCC(c4nc(-c5ccccn5)n[nH]4)CC3)cc2)cc1. The highest BCUT2D eigenvalue weighted by Crippen LogP contribution is 2.40. The summed E-state index contributed by atoms with van der Waals surface area (Å²) in [5.41, 5.74) is 8.57. The van der Waals surface area contributed by atoms with E-state index < -0.39 is 0 Å². The summed E-state index contributed by atoms with van der Waals surface area (Å²) in [6.45, 7) is 3.01. The van der Waals surface area contributed by atoms with Crippen LogP contribution in [0.1, 0.15) is 54.6 Å². The molecule has 4 aromatic heterocycles. The fourth-order valence-electron chi connectivity index (χ4n) is 6.02. The third-order valence-corrected chi connectivity index (χ3v) is 8.55. The van der Waals surface area contributed by atoms with Gasteiger partial charge in [-0.25, -0.2) is 14.5 Å². The Morgan fingerprint density at radius 2 is 1.60 bits per heavy atom. The van der Waals surface area contributed by atoms with E-state index in [1.807, 2.05) is 22.7 Å². The highest BCUT2D eigenvalue weighted by molar-refractivity contribution is 5.81. The van der Waals surface area contributed by atoms with E-state index in [1.54, 1.807) is 6.20 Å². The first kappa shape index (κ1) is 25.1. The molecule has 42 heavy (non-hydrogen) atoms. The van der Waals surface area contributed by atoms with Crippen LogP contribution in [0.15, 0.2) is 91.3 Å². The Kier molecular flexibility index (Phi) is 6.33. The van der Waals surface area contributed by atoms with Gasteiger partial charge in [0.15, 0.2) is 11.5 Å². The number of benzene rings is 2. The van der Waals surface area contributed by atoms with Crippen LogP contribution in [-0.4, -0.2) is 52.8 Å². The summed E-state index contributed by atoms with van der Waals surface area (Å²) in [7, 11) is 0. The van der Waals surface area contributed by atoms with E-state index in [1.165, 1.54) is 18.4 Å². The van der Waals surface area contributed by atoms with Gasteiger partial charge in [0.05, 0.1) is 11.4 Å². The molecule has 208 valence electrons. The maximum atomic E-state index is 5.13. The number of nitrogens with one attached hydrogen (secondary N) is 1. The number of pyridine rings is 1. The molecule has 0 spiro atoms. The molecule has 0 bridgehead atoms. The first-order chi connectivity index (χ1) is 20.8. The third kappa shape index (κ3) is 4.99. The van der Waals surface area contributed by atoms with Crippen molar-refractivity contribution in [3.05, 3.63) is 108 Å². The number of hydrogen-bond donors (Lipinski definition) is 1. The molecule has 8 heteroatoms. The molecule has 2 fully saturated rings. The standard InChI is InChI=1S/C34H32N8/c1-2-6-24(7-3-1)28-22-42-31(20-30(40-42)25-13-14-25)36-32(28)26-11-9-23(10-12-26)21-41-18-15-27(16-19-41)33-37-34(39-38-33)29-8-4-5-17-35-29/h1-12,17,20,22,25,27H,13-16,18-19,21H2,(H,37,38,39). The quantitative estimate of drug-likeness (QED) is 0.243. The predicted molar refractivity (Wildman–Crippen MR) is 163 cm³/mol. The van der Waals surface area contributed by atoms with Crippen LogP contribution in [0.4, 0.5) is 0 Å². The van der Waals surface area contributed by atoms with Crippen molar-refractivity contribution in [1.29, 1.82) is 0 Å². The number of likely N-dealkylation sites (tertiary alicyclic amines) is 1. The van der Waals surface area contributed by atoms with Gasteiger partial charge < -0.3 is 0 Å². The van der Waals surface area contributed by atoms with Crippen molar-refractivity contribution in [1.82, 2.24) is 39.7 Å². The van der Waals surface area contributed by atoms with Crippen LogP contribution in [0.3, 0.4) is 0 Å². The molecule has 0 unspecified atom stereocenters. The maximum Gasteiger partial charge on any atom is 0.199 e. The lowest BCUT2D eigenvalue weighted by Gasteiger charge is -2.31. The van der Waals surface area contributed by atoms with Gasteiger partial charge in [-0.3, -0.25) is 15.0 Å². The maximum absolute atomic E-state index is 5.13. The van der Waals surface area contributed by atoms with E-state index in [9.17, 15) is 0 Å². The number of H-pyrrole nitrogens is 1. The first-order valence-corrected chi connectivity index (χ1v) is 14.9. The molecule has 0 amide bonds. The van der Waals surface area contributed by atoms with Crippen molar-refractivity contribution in [2.45, 2.75) is 44.1 Å². The summed E-state index contributed by atoms with van der Waals surface area (Å²) in [4.78, 5) is 16.8. The zero-order chi connectivity index (χ0) is 27.9. The molecule has 0 radical (unpaired) electrons. The van der Waals surface area contributed by atoms with Gasteiger partial charge in [0.25, 0.3) is 0 Å². The predicted octanol–water partition coefficient (Wildman–Crippen LogP) is 6.50. The molecule has 2 aromatic carbocycles. The minimum Gasteiger partial charge on any atom is -0.299 e. The van der Waals surface area contributed by atoms with E-state index in [0.29, 0.717) is 17.7 Å². The zero-order valence-electron chi connectivity index (χ0n) is 23.4.